The van der Waals surface area contributed by atoms with Crippen LogP contribution in [-0.4, -0.2) is 6.04 Å². The van der Waals surface area contributed by atoms with E-state index in [2.05, 4.69) is 24.9 Å². The zero-order valence-electron chi connectivity index (χ0n) is 9.53. The molecular formula is C13H17N3. The van der Waals surface area contributed by atoms with Gasteiger partial charge in [-0.2, -0.15) is 5.26 Å². The number of benzene rings is 1. The third-order valence-electron chi connectivity index (χ3n) is 2.35. The Kier molecular flexibility index (Phi) is 4.41. The Balaban J connectivity index is 2.78. The minimum Gasteiger partial charge on any atom is -0.398 e. The Morgan fingerprint density at radius 2 is 2.38 bits per heavy atom. The lowest BCUT2D eigenvalue weighted by atomic mass is 10.1. The normalized spacial score (nSPS) is 11.5. The Labute approximate surface area is 96.6 Å². The maximum Gasteiger partial charge on any atom is 0.0670 e. The molecule has 84 valence electrons. The zero-order valence-corrected chi connectivity index (χ0v) is 9.53. The fourth-order valence-electron chi connectivity index (χ4n) is 1.53. The number of nitrogens with one attached hydrogen (secondary N) is 1. The van der Waals surface area contributed by atoms with Gasteiger partial charge in [0.05, 0.1) is 12.5 Å². The average Bonchev–Trinajstić information content (AvgIpc) is 2.24. The molecule has 0 aromatic heterocycles. The van der Waals surface area contributed by atoms with E-state index in [1.165, 1.54) is 0 Å². The predicted octanol–water partition coefficient (Wildman–Crippen LogP) is 2.71. The summed E-state index contributed by atoms with van der Waals surface area (Å²) in [6.45, 7) is 5.79. The molecule has 0 aliphatic rings. The monoisotopic (exact) mass is 215 g/mol. The van der Waals surface area contributed by atoms with E-state index in [-0.39, 0.29) is 0 Å². The van der Waals surface area contributed by atoms with Crippen LogP contribution in [0.2, 0.25) is 0 Å². The second-order valence-electron chi connectivity index (χ2n) is 3.82. The Morgan fingerprint density at radius 3 is 3.00 bits per heavy atom. The number of nitrogens with two attached hydrogens (primary N) is 1. The van der Waals surface area contributed by atoms with Gasteiger partial charge in [0.2, 0.25) is 0 Å². The number of nitriles is 1. The van der Waals surface area contributed by atoms with E-state index in [1.54, 1.807) is 0 Å². The second-order valence-corrected chi connectivity index (χ2v) is 3.82. The van der Waals surface area contributed by atoms with Crippen molar-refractivity contribution >= 4 is 11.4 Å². The fourth-order valence-corrected chi connectivity index (χ4v) is 1.53. The van der Waals surface area contributed by atoms with Gasteiger partial charge in [0.15, 0.2) is 0 Å². The van der Waals surface area contributed by atoms with Crippen LogP contribution in [-0.2, 0) is 6.42 Å². The van der Waals surface area contributed by atoms with Crippen LogP contribution in [0.3, 0.4) is 0 Å². The van der Waals surface area contributed by atoms with E-state index in [1.807, 2.05) is 24.3 Å². The summed E-state index contributed by atoms with van der Waals surface area (Å²) < 4.78 is 0. The van der Waals surface area contributed by atoms with Crippen molar-refractivity contribution in [2.75, 3.05) is 11.1 Å². The molecule has 1 aromatic carbocycles. The van der Waals surface area contributed by atoms with Crippen LogP contribution in [0.25, 0.3) is 0 Å². The summed E-state index contributed by atoms with van der Waals surface area (Å²) in [5, 5.41) is 12.0. The first-order valence-corrected chi connectivity index (χ1v) is 5.30. The number of rotatable bonds is 5. The molecule has 16 heavy (non-hydrogen) atoms. The van der Waals surface area contributed by atoms with Crippen LogP contribution in [0, 0.1) is 11.3 Å². The topological polar surface area (TPSA) is 61.8 Å². The molecule has 0 bridgehead atoms. The van der Waals surface area contributed by atoms with Crippen molar-refractivity contribution in [3.63, 3.8) is 0 Å². The van der Waals surface area contributed by atoms with E-state index in [0.29, 0.717) is 18.2 Å². The minimum atomic E-state index is 0.330. The first-order valence-electron chi connectivity index (χ1n) is 5.30. The van der Waals surface area contributed by atoms with E-state index >= 15 is 0 Å². The van der Waals surface area contributed by atoms with E-state index in [9.17, 15) is 0 Å². The highest BCUT2D eigenvalue weighted by Crippen LogP contribution is 2.19. The summed E-state index contributed by atoms with van der Waals surface area (Å²) >= 11 is 0. The van der Waals surface area contributed by atoms with Gasteiger partial charge in [0, 0.05) is 17.4 Å². The zero-order chi connectivity index (χ0) is 12.0. The van der Waals surface area contributed by atoms with E-state index in [4.69, 9.17) is 11.0 Å². The van der Waals surface area contributed by atoms with Gasteiger partial charge in [0.1, 0.15) is 0 Å². The van der Waals surface area contributed by atoms with Crippen molar-refractivity contribution in [2.45, 2.75) is 25.8 Å². The smallest absolute Gasteiger partial charge is 0.0670 e. The molecule has 1 atom stereocenters. The molecule has 0 aliphatic carbocycles. The molecule has 0 spiro atoms. The largest absolute Gasteiger partial charge is 0.398 e. The van der Waals surface area contributed by atoms with Gasteiger partial charge in [-0.15, -0.1) is 6.58 Å². The lowest BCUT2D eigenvalue weighted by Gasteiger charge is -2.14. The molecule has 0 aliphatic heterocycles. The number of nitrogens with zero attached hydrogens (tertiary/aromatic N) is 1. The first kappa shape index (κ1) is 12.1. The molecule has 0 amide bonds. The number of nitrogen functional groups attached to an aromatic ring is 1. The van der Waals surface area contributed by atoms with Gasteiger partial charge in [-0.3, -0.25) is 0 Å². The molecule has 1 unspecified atom stereocenters. The van der Waals surface area contributed by atoms with Crippen molar-refractivity contribution in [1.29, 1.82) is 5.26 Å². The highest BCUT2D eigenvalue weighted by atomic mass is 14.9. The van der Waals surface area contributed by atoms with Gasteiger partial charge in [-0.05, 0) is 37.1 Å². The van der Waals surface area contributed by atoms with Crippen LogP contribution < -0.4 is 11.1 Å². The number of hydrogen-bond donors (Lipinski definition) is 2. The standard InChI is InChI=1S/C13H17N3/c1-3-4-10(2)16-12-5-6-13(15)11(9-12)7-8-14/h3,5-6,9-10,16H,1,4,7,15H2,2H3. The highest BCUT2D eigenvalue weighted by molar-refractivity contribution is 5.58. The number of hydrogen-bond acceptors (Lipinski definition) is 3. The van der Waals surface area contributed by atoms with Gasteiger partial charge >= 0.3 is 0 Å². The summed E-state index contributed by atoms with van der Waals surface area (Å²) in [6, 6.07) is 8.12. The second kappa shape index (κ2) is 5.82. The van der Waals surface area contributed by atoms with Gasteiger partial charge in [-0.1, -0.05) is 6.08 Å². The molecule has 3 heteroatoms. The summed E-state index contributed by atoms with van der Waals surface area (Å²) in [4.78, 5) is 0. The molecule has 3 nitrogen and oxygen atoms in total. The summed E-state index contributed by atoms with van der Waals surface area (Å²) in [5.41, 5.74) is 8.31. The Hall–Kier alpha value is -1.95. The van der Waals surface area contributed by atoms with Crippen LogP contribution in [0.1, 0.15) is 18.9 Å². The molecular weight excluding hydrogens is 198 g/mol. The Bertz CT molecular complexity index is 404. The molecule has 0 fully saturated rings. The highest BCUT2D eigenvalue weighted by Gasteiger charge is 2.03. The van der Waals surface area contributed by atoms with Gasteiger partial charge < -0.3 is 11.1 Å². The van der Waals surface area contributed by atoms with E-state index < -0.39 is 0 Å². The summed E-state index contributed by atoms with van der Waals surface area (Å²) in [5.74, 6) is 0. The maximum absolute atomic E-state index is 8.66. The van der Waals surface area contributed by atoms with Crippen LogP contribution in [0.4, 0.5) is 11.4 Å². The molecule has 0 heterocycles. The van der Waals surface area contributed by atoms with Gasteiger partial charge in [-0.25, -0.2) is 0 Å². The Morgan fingerprint density at radius 1 is 1.62 bits per heavy atom. The number of anilines is 2. The quantitative estimate of drug-likeness (QED) is 0.586. The van der Waals surface area contributed by atoms with Crippen LogP contribution >= 0.6 is 0 Å². The SMILES string of the molecule is C=CCC(C)Nc1ccc(N)c(CC#N)c1. The summed E-state index contributed by atoms with van der Waals surface area (Å²) in [6.07, 6.45) is 3.13. The minimum absolute atomic E-state index is 0.330. The molecule has 1 aromatic rings. The average molecular weight is 215 g/mol. The van der Waals surface area contributed by atoms with Crippen molar-refractivity contribution in [3.8, 4) is 6.07 Å². The molecule has 3 N–H and O–H groups in total. The fraction of sp³-hybridized carbons (Fsp3) is 0.308. The molecule has 1 rings (SSSR count). The molecule has 0 saturated carbocycles. The van der Waals surface area contributed by atoms with E-state index in [0.717, 1.165) is 17.7 Å². The van der Waals surface area contributed by atoms with Crippen molar-refractivity contribution in [3.05, 3.63) is 36.4 Å². The van der Waals surface area contributed by atoms with Gasteiger partial charge in [0.25, 0.3) is 0 Å². The first-order chi connectivity index (χ1) is 7.67. The lowest BCUT2D eigenvalue weighted by Crippen LogP contribution is -2.14. The molecule has 0 radical (unpaired) electrons. The van der Waals surface area contributed by atoms with Crippen LogP contribution in [0.15, 0.2) is 30.9 Å². The van der Waals surface area contributed by atoms with Crippen LogP contribution in [0.5, 0.6) is 0 Å². The predicted molar refractivity (Wildman–Crippen MR) is 68.1 cm³/mol. The van der Waals surface area contributed by atoms with Crippen molar-refractivity contribution < 1.29 is 0 Å². The maximum atomic E-state index is 8.66. The lowest BCUT2D eigenvalue weighted by molar-refractivity contribution is 0.814. The summed E-state index contributed by atoms with van der Waals surface area (Å²) in [7, 11) is 0. The molecule has 0 saturated heterocycles. The van der Waals surface area contributed by atoms with Crippen molar-refractivity contribution in [1.82, 2.24) is 0 Å². The third kappa shape index (κ3) is 3.32. The van der Waals surface area contributed by atoms with Crippen molar-refractivity contribution in [2.24, 2.45) is 0 Å². The third-order valence-corrected chi connectivity index (χ3v) is 2.35.